The Labute approximate surface area is 131 Å². The summed E-state index contributed by atoms with van der Waals surface area (Å²) in [5, 5.41) is 3.90. The number of hydrogen-bond acceptors (Lipinski definition) is 3. The molecule has 1 amide bonds. The third-order valence-corrected chi connectivity index (χ3v) is 3.43. The molecule has 1 atom stereocenters. The molecule has 22 heavy (non-hydrogen) atoms. The Hall–Kier alpha value is -2.36. The van der Waals surface area contributed by atoms with Crippen molar-refractivity contribution in [1.29, 1.82) is 0 Å². The van der Waals surface area contributed by atoms with Gasteiger partial charge in [0.25, 0.3) is 0 Å². The topological polar surface area (TPSA) is 54.6 Å². The van der Waals surface area contributed by atoms with Gasteiger partial charge >= 0.3 is 0 Å². The Morgan fingerprint density at radius 1 is 1.23 bits per heavy atom. The van der Waals surface area contributed by atoms with E-state index in [0.29, 0.717) is 11.7 Å². The van der Waals surface area contributed by atoms with Crippen molar-refractivity contribution in [2.24, 2.45) is 11.0 Å². The molecule has 1 aromatic carbocycles. The third kappa shape index (κ3) is 4.58. The minimum absolute atomic E-state index is 0.139. The quantitative estimate of drug-likeness (QED) is 0.652. The van der Waals surface area contributed by atoms with Gasteiger partial charge in [-0.25, -0.2) is 5.43 Å². The van der Waals surface area contributed by atoms with Gasteiger partial charge in [0.05, 0.1) is 18.4 Å². The first kappa shape index (κ1) is 16.0. The zero-order chi connectivity index (χ0) is 15.9. The van der Waals surface area contributed by atoms with Crippen LogP contribution in [0.15, 0.2) is 52.2 Å². The van der Waals surface area contributed by atoms with Crippen LogP contribution in [0, 0.1) is 5.92 Å². The summed E-state index contributed by atoms with van der Waals surface area (Å²) < 4.78 is 5.10. The van der Waals surface area contributed by atoms with Crippen molar-refractivity contribution in [2.45, 2.75) is 33.1 Å². The van der Waals surface area contributed by atoms with Crippen molar-refractivity contribution in [3.63, 3.8) is 0 Å². The van der Waals surface area contributed by atoms with Gasteiger partial charge in [-0.2, -0.15) is 5.10 Å². The normalized spacial score (nSPS) is 12.7. The fourth-order valence-corrected chi connectivity index (χ4v) is 2.19. The number of carbonyl (C=O) groups is 1. The summed E-state index contributed by atoms with van der Waals surface area (Å²) in [6.45, 7) is 6.26. The van der Waals surface area contributed by atoms with E-state index in [1.165, 1.54) is 11.8 Å². The molecule has 1 N–H and O–H groups in total. The van der Waals surface area contributed by atoms with Crippen LogP contribution in [0.4, 0.5) is 0 Å². The lowest BCUT2D eigenvalue weighted by molar-refractivity contribution is -0.122. The van der Waals surface area contributed by atoms with Gasteiger partial charge in [0.2, 0.25) is 5.91 Å². The number of hydrazone groups is 1. The number of nitrogens with zero attached hydrogens (tertiary/aromatic N) is 1. The van der Waals surface area contributed by atoms with Crippen molar-refractivity contribution in [3.8, 4) is 0 Å². The number of nitrogens with one attached hydrogen (secondary N) is 1. The van der Waals surface area contributed by atoms with Gasteiger partial charge in [-0.1, -0.05) is 38.1 Å². The fraction of sp³-hybridized carbons (Fsp3) is 0.333. The van der Waals surface area contributed by atoms with Gasteiger partial charge in [0.15, 0.2) is 0 Å². The lowest BCUT2D eigenvalue weighted by atomic mass is 9.96. The van der Waals surface area contributed by atoms with Crippen molar-refractivity contribution >= 4 is 12.1 Å². The molecule has 0 aliphatic carbocycles. The van der Waals surface area contributed by atoms with Gasteiger partial charge in [-0.3, -0.25) is 4.79 Å². The molecular formula is C18H22N2O2. The molecule has 0 saturated heterocycles. The average molecular weight is 298 g/mol. The Morgan fingerprint density at radius 3 is 2.55 bits per heavy atom. The lowest BCUT2D eigenvalue weighted by Crippen LogP contribution is -2.23. The Bertz CT molecular complexity index is 613. The molecule has 1 aromatic heterocycles. The maximum absolute atomic E-state index is 12.1. The van der Waals surface area contributed by atoms with Crippen molar-refractivity contribution < 1.29 is 9.21 Å². The molecule has 1 unspecified atom stereocenters. The maximum Gasteiger partial charge on any atom is 0.247 e. The SMILES string of the molecule is CC(C)Cc1ccc(C(C)C(=O)N/N=C/c2ccco2)cc1. The van der Waals surface area contributed by atoms with E-state index in [0.717, 1.165) is 12.0 Å². The molecule has 0 saturated carbocycles. The van der Waals surface area contributed by atoms with Crippen LogP contribution in [-0.2, 0) is 11.2 Å². The summed E-state index contributed by atoms with van der Waals surface area (Å²) in [4.78, 5) is 12.1. The molecule has 0 aliphatic heterocycles. The number of rotatable bonds is 6. The summed E-state index contributed by atoms with van der Waals surface area (Å²) in [6.07, 6.45) is 4.09. The van der Waals surface area contributed by atoms with Crippen LogP contribution in [0.25, 0.3) is 0 Å². The van der Waals surface area contributed by atoms with E-state index in [-0.39, 0.29) is 11.8 Å². The standard InChI is InChI=1S/C18H22N2O2/c1-13(2)11-15-6-8-16(9-7-15)14(3)18(21)20-19-12-17-5-4-10-22-17/h4-10,12-14H,11H2,1-3H3,(H,20,21)/b19-12+. The molecule has 0 spiro atoms. The van der Waals surface area contributed by atoms with E-state index < -0.39 is 0 Å². The first-order chi connectivity index (χ1) is 10.6. The molecule has 4 nitrogen and oxygen atoms in total. The molecule has 116 valence electrons. The van der Waals surface area contributed by atoms with Crippen LogP contribution < -0.4 is 5.43 Å². The lowest BCUT2D eigenvalue weighted by Gasteiger charge is -2.11. The number of furan rings is 1. The zero-order valence-corrected chi connectivity index (χ0v) is 13.2. The number of amides is 1. The second-order valence-corrected chi connectivity index (χ2v) is 5.81. The Balaban J connectivity index is 1.92. The number of carbonyl (C=O) groups excluding carboxylic acids is 1. The van der Waals surface area contributed by atoms with E-state index in [9.17, 15) is 4.79 Å². The highest BCUT2D eigenvalue weighted by molar-refractivity contribution is 5.84. The largest absolute Gasteiger partial charge is 0.463 e. The minimum Gasteiger partial charge on any atom is -0.463 e. The molecule has 0 aliphatic rings. The second kappa shape index (κ2) is 7.59. The summed E-state index contributed by atoms with van der Waals surface area (Å²) in [5.74, 6) is 0.842. The van der Waals surface area contributed by atoms with Crippen molar-refractivity contribution in [2.75, 3.05) is 0 Å². The summed E-state index contributed by atoms with van der Waals surface area (Å²) in [6, 6.07) is 11.7. The van der Waals surface area contributed by atoms with Crippen LogP contribution in [0.5, 0.6) is 0 Å². The van der Waals surface area contributed by atoms with Gasteiger partial charge in [0, 0.05) is 0 Å². The van der Waals surface area contributed by atoms with Crippen LogP contribution in [0.1, 0.15) is 43.6 Å². The summed E-state index contributed by atoms with van der Waals surface area (Å²) in [5.41, 5.74) is 4.81. The molecule has 2 aromatic rings. The molecular weight excluding hydrogens is 276 g/mol. The Kier molecular flexibility index (Phi) is 5.53. The number of hydrogen-bond donors (Lipinski definition) is 1. The molecule has 2 rings (SSSR count). The van der Waals surface area contributed by atoms with Crippen LogP contribution in [0.3, 0.4) is 0 Å². The molecule has 4 heteroatoms. The first-order valence-corrected chi connectivity index (χ1v) is 7.51. The van der Waals surface area contributed by atoms with Gasteiger partial charge < -0.3 is 4.42 Å². The molecule has 0 fully saturated rings. The van der Waals surface area contributed by atoms with Gasteiger partial charge in [-0.15, -0.1) is 0 Å². The highest BCUT2D eigenvalue weighted by atomic mass is 16.3. The van der Waals surface area contributed by atoms with Crippen molar-refractivity contribution in [3.05, 3.63) is 59.5 Å². The predicted octanol–water partition coefficient (Wildman–Crippen LogP) is 3.73. The predicted molar refractivity (Wildman–Crippen MR) is 87.8 cm³/mol. The van der Waals surface area contributed by atoms with Gasteiger partial charge in [-0.05, 0) is 42.5 Å². The second-order valence-electron chi connectivity index (χ2n) is 5.81. The van der Waals surface area contributed by atoms with E-state index in [1.807, 2.05) is 19.1 Å². The van der Waals surface area contributed by atoms with E-state index >= 15 is 0 Å². The minimum atomic E-state index is -0.248. The van der Waals surface area contributed by atoms with Gasteiger partial charge in [0.1, 0.15) is 5.76 Å². The summed E-state index contributed by atoms with van der Waals surface area (Å²) >= 11 is 0. The zero-order valence-electron chi connectivity index (χ0n) is 13.2. The highest BCUT2D eigenvalue weighted by Gasteiger charge is 2.14. The smallest absolute Gasteiger partial charge is 0.247 e. The van der Waals surface area contributed by atoms with Crippen LogP contribution >= 0.6 is 0 Å². The fourth-order valence-electron chi connectivity index (χ4n) is 2.19. The monoisotopic (exact) mass is 298 g/mol. The number of benzene rings is 1. The first-order valence-electron chi connectivity index (χ1n) is 7.51. The van der Waals surface area contributed by atoms with E-state index in [4.69, 9.17) is 4.42 Å². The maximum atomic E-state index is 12.1. The van der Waals surface area contributed by atoms with E-state index in [1.54, 1.807) is 18.4 Å². The molecule has 0 radical (unpaired) electrons. The summed E-state index contributed by atoms with van der Waals surface area (Å²) in [7, 11) is 0. The highest BCUT2D eigenvalue weighted by Crippen LogP contribution is 2.17. The molecule has 1 heterocycles. The van der Waals surface area contributed by atoms with E-state index in [2.05, 4.69) is 36.5 Å². The van der Waals surface area contributed by atoms with Crippen LogP contribution in [-0.4, -0.2) is 12.1 Å². The molecule has 0 bridgehead atoms. The van der Waals surface area contributed by atoms with Crippen molar-refractivity contribution in [1.82, 2.24) is 5.43 Å². The third-order valence-electron chi connectivity index (χ3n) is 3.43. The van der Waals surface area contributed by atoms with Crippen LogP contribution in [0.2, 0.25) is 0 Å². The average Bonchev–Trinajstić information content (AvgIpc) is 3.00. The Morgan fingerprint density at radius 2 is 1.95 bits per heavy atom.